The molecule has 3 amide bonds. The Kier molecular flexibility index (Phi) is 7.30. The minimum Gasteiger partial charge on any atom is -0.326 e. The molecular formula is C22H24FN5O2S. The minimum atomic E-state index is -0.830. The number of halogens is 1. The van der Waals surface area contributed by atoms with Crippen LogP contribution in [0.1, 0.15) is 25.8 Å². The number of hydrogen-bond acceptors (Lipinski definition) is 5. The van der Waals surface area contributed by atoms with E-state index in [2.05, 4.69) is 26.1 Å². The first-order chi connectivity index (χ1) is 14.9. The van der Waals surface area contributed by atoms with Crippen LogP contribution in [0.5, 0.6) is 0 Å². The van der Waals surface area contributed by atoms with Crippen LogP contribution in [-0.2, 0) is 4.79 Å². The summed E-state index contributed by atoms with van der Waals surface area (Å²) in [6.07, 6.45) is 0.656. The molecule has 3 aromatic rings. The zero-order valence-electron chi connectivity index (χ0n) is 17.5. The van der Waals surface area contributed by atoms with Crippen LogP contribution in [-0.4, -0.2) is 28.2 Å². The molecule has 0 fully saturated rings. The number of amides is 3. The van der Waals surface area contributed by atoms with Gasteiger partial charge < -0.3 is 10.6 Å². The number of urea groups is 1. The number of carbonyl (C=O) groups excluding carboxylic acids is 2. The number of anilines is 2. The van der Waals surface area contributed by atoms with Gasteiger partial charge in [-0.15, -0.1) is 10.2 Å². The highest BCUT2D eigenvalue weighted by atomic mass is 32.1. The van der Waals surface area contributed by atoms with Gasteiger partial charge >= 0.3 is 6.03 Å². The Morgan fingerprint density at radius 3 is 2.45 bits per heavy atom. The van der Waals surface area contributed by atoms with Gasteiger partial charge in [-0.25, -0.2) is 9.18 Å². The van der Waals surface area contributed by atoms with Crippen molar-refractivity contribution in [1.29, 1.82) is 0 Å². The van der Waals surface area contributed by atoms with Crippen molar-refractivity contribution >= 4 is 34.1 Å². The van der Waals surface area contributed by atoms with Crippen LogP contribution in [0.3, 0.4) is 0 Å². The molecule has 0 aliphatic carbocycles. The van der Waals surface area contributed by atoms with Gasteiger partial charge in [0.1, 0.15) is 16.9 Å². The van der Waals surface area contributed by atoms with Gasteiger partial charge in [-0.2, -0.15) is 0 Å². The lowest BCUT2D eigenvalue weighted by molar-refractivity contribution is -0.119. The molecular weight excluding hydrogens is 417 g/mol. The number of para-hydroxylation sites is 1. The Balaban J connectivity index is 1.68. The molecule has 1 heterocycles. The fourth-order valence-corrected chi connectivity index (χ4v) is 3.59. The van der Waals surface area contributed by atoms with Crippen LogP contribution in [0, 0.1) is 18.7 Å². The number of nitrogens with zero attached hydrogens (tertiary/aromatic N) is 2. The van der Waals surface area contributed by atoms with E-state index < -0.39 is 23.8 Å². The number of carbonyl (C=O) groups is 2. The van der Waals surface area contributed by atoms with Crippen LogP contribution in [0.4, 0.5) is 20.0 Å². The standard InChI is InChI=1S/C22H24FN5O2S/c1-4-14(3)18(25-21(30)24-17-8-6-5-7-16(17)23)19(29)26-22-28-27-20(31-22)15-11-9-13(2)10-12-15/h5-12,14,18H,4H2,1-3H3,(H2,24,25,30)(H,26,28,29). The molecule has 31 heavy (non-hydrogen) atoms. The smallest absolute Gasteiger partial charge is 0.319 e. The largest absolute Gasteiger partial charge is 0.326 e. The highest BCUT2D eigenvalue weighted by Gasteiger charge is 2.27. The molecule has 9 heteroatoms. The van der Waals surface area contributed by atoms with Gasteiger partial charge in [0.2, 0.25) is 11.0 Å². The average Bonchev–Trinajstić information content (AvgIpc) is 3.22. The first-order valence-corrected chi connectivity index (χ1v) is 10.7. The van der Waals surface area contributed by atoms with Crippen molar-refractivity contribution in [3.05, 3.63) is 59.9 Å². The first-order valence-electron chi connectivity index (χ1n) is 9.90. The van der Waals surface area contributed by atoms with E-state index in [1.54, 1.807) is 6.07 Å². The maximum atomic E-state index is 13.8. The molecule has 0 radical (unpaired) electrons. The number of hydrogen-bond donors (Lipinski definition) is 3. The molecule has 2 atom stereocenters. The SMILES string of the molecule is CCC(C)C(NC(=O)Nc1ccccc1F)C(=O)Nc1nnc(-c2ccc(C)cc2)s1. The molecule has 2 unspecified atom stereocenters. The van der Waals surface area contributed by atoms with Crippen molar-refractivity contribution in [2.24, 2.45) is 5.92 Å². The topological polar surface area (TPSA) is 96.0 Å². The van der Waals surface area contributed by atoms with Crippen LogP contribution in [0.25, 0.3) is 10.6 Å². The maximum Gasteiger partial charge on any atom is 0.319 e. The molecule has 1 aromatic heterocycles. The van der Waals surface area contributed by atoms with E-state index in [4.69, 9.17) is 0 Å². The second-order valence-electron chi connectivity index (χ2n) is 7.21. The maximum absolute atomic E-state index is 13.8. The molecule has 0 saturated heterocycles. The Hall–Kier alpha value is -3.33. The summed E-state index contributed by atoms with van der Waals surface area (Å²) in [5.41, 5.74) is 2.08. The number of aryl methyl sites for hydroxylation is 1. The van der Waals surface area contributed by atoms with Gasteiger partial charge in [0, 0.05) is 5.56 Å². The van der Waals surface area contributed by atoms with E-state index in [-0.39, 0.29) is 11.6 Å². The Morgan fingerprint density at radius 2 is 1.77 bits per heavy atom. The summed E-state index contributed by atoms with van der Waals surface area (Å²) in [6.45, 7) is 5.77. The third-order valence-electron chi connectivity index (χ3n) is 4.86. The lowest BCUT2D eigenvalue weighted by Crippen LogP contribution is -2.49. The second kappa shape index (κ2) is 10.1. The summed E-state index contributed by atoms with van der Waals surface area (Å²) in [5.74, 6) is -1.12. The molecule has 0 spiro atoms. The van der Waals surface area contributed by atoms with E-state index in [1.165, 1.54) is 29.5 Å². The predicted molar refractivity (Wildman–Crippen MR) is 121 cm³/mol. The van der Waals surface area contributed by atoms with Crippen LogP contribution < -0.4 is 16.0 Å². The van der Waals surface area contributed by atoms with Gasteiger partial charge in [0.15, 0.2) is 0 Å². The third kappa shape index (κ3) is 5.85. The molecule has 7 nitrogen and oxygen atoms in total. The summed E-state index contributed by atoms with van der Waals surface area (Å²) in [4.78, 5) is 25.2. The Labute approximate surface area is 184 Å². The van der Waals surface area contributed by atoms with Crippen LogP contribution in [0.15, 0.2) is 48.5 Å². The molecule has 0 saturated carbocycles. The monoisotopic (exact) mass is 441 g/mol. The number of rotatable bonds is 7. The summed E-state index contributed by atoms with van der Waals surface area (Å²) in [6, 6.07) is 12.2. The van der Waals surface area contributed by atoms with Crippen molar-refractivity contribution in [1.82, 2.24) is 15.5 Å². The van der Waals surface area contributed by atoms with Crippen molar-refractivity contribution in [3.8, 4) is 10.6 Å². The van der Waals surface area contributed by atoms with E-state index in [9.17, 15) is 14.0 Å². The molecule has 3 N–H and O–H groups in total. The second-order valence-corrected chi connectivity index (χ2v) is 8.19. The molecule has 2 aromatic carbocycles. The predicted octanol–water partition coefficient (Wildman–Crippen LogP) is 4.83. The Morgan fingerprint density at radius 1 is 1.06 bits per heavy atom. The van der Waals surface area contributed by atoms with Crippen molar-refractivity contribution in [2.45, 2.75) is 33.2 Å². The summed E-state index contributed by atoms with van der Waals surface area (Å²) < 4.78 is 13.8. The van der Waals surface area contributed by atoms with Crippen LogP contribution in [0.2, 0.25) is 0 Å². The number of benzene rings is 2. The fourth-order valence-electron chi connectivity index (χ4n) is 2.83. The number of nitrogens with one attached hydrogen (secondary N) is 3. The van der Waals surface area contributed by atoms with Gasteiger partial charge in [-0.05, 0) is 25.0 Å². The van der Waals surface area contributed by atoms with E-state index >= 15 is 0 Å². The quantitative estimate of drug-likeness (QED) is 0.489. The fraction of sp³-hybridized carbons (Fsp3) is 0.273. The summed E-state index contributed by atoms with van der Waals surface area (Å²) >= 11 is 1.25. The number of aromatic nitrogens is 2. The van der Waals surface area contributed by atoms with Gasteiger partial charge in [0.05, 0.1) is 5.69 Å². The molecule has 0 aliphatic rings. The lowest BCUT2D eigenvalue weighted by Gasteiger charge is -2.23. The molecule has 162 valence electrons. The van der Waals surface area contributed by atoms with Crippen molar-refractivity contribution in [3.63, 3.8) is 0 Å². The molecule has 0 bridgehead atoms. The average molecular weight is 442 g/mol. The van der Waals surface area contributed by atoms with Gasteiger partial charge in [-0.3, -0.25) is 10.1 Å². The van der Waals surface area contributed by atoms with E-state index in [0.29, 0.717) is 16.6 Å². The van der Waals surface area contributed by atoms with E-state index in [1.807, 2.05) is 45.0 Å². The zero-order valence-corrected chi connectivity index (χ0v) is 18.3. The van der Waals surface area contributed by atoms with Crippen molar-refractivity contribution in [2.75, 3.05) is 10.6 Å². The minimum absolute atomic E-state index is 0.0372. The van der Waals surface area contributed by atoms with Crippen LogP contribution >= 0.6 is 11.3 Å². The highest BCUT2D eigenvalue weighted by Crippen LogP contribution is 2.27. The van der Waals surface area contributed by atoms with Gasteiger partial charge in [-0.1, -0.05) is 73.6 Å². The van der Waals surface area contributed by atoms with Crippen molar-refractivity contribution < 1.29 is 14.0 Å². The lowest BCUT2D eigenvalue weighted by atomic mass is 9.98. The van der Waals surface area contributed by atoms with Gasteiger partial charge in [0.25, 0.3) is 0 Å². The molecule has 0 aliphatic heterocycles. The molecule has 3 rings (SSSR count). The zero-order chi connectivity index (χ0) is 22.4. The highest BCUT2D eigenvalue weighted by molar-refractivity contribution is 7.18. The third-order valence-corrected chi connectivity index (χ3v) is 5.75. The van der Waals surface area contributed by atoms with E-state index in [0.717, 1.165) is 11.1 Å². The Bertz CT molecular complexity index is 1050. The summed E-state index contributed by atoms with van der Waals surface area (Å²) in [7, 11) is 0. The summed E-state index contributed by atoms with van der Waals surface area (Å²) in [5, 5.41) is 17.0. The normalized spacial score (nSPS) is 12.6. The first kappa shape index (κ1) is 22.4.